The summed E-state index contributed by atoms with van der Waals surface area (Å²) in [5.74, 6) is 0. The van der Waals surface area contributed by atoms with Gasteiger partial charge in [0.25, 0.3) is 0 Å². The zero-order chi connectivity index (χ0) is 17.7. The van der Waals surface area contributed by atoms with E-state index in [0.29, 0.717) is 23.0 Å². The lowest BCUT2D eigenvalue weighted by atomic mass is 10.0. The number of unbranched alkanes of at least 4 members (excludes halogenated alkanes) is 2. The Morgan fingerprint density at radius 2 is 1.96 bits per heavy atom. The molecule has 0 bridgehead atoms. The first-order valence-corrected chi connectivity index (χ1v) is 7.96. The third kappa shape index (κ3) is 4.50. The number of alkyl halides is 3. The highest BCUT2D eigenvalue weighted by Crippen LogP contribution is 2.29. The average molecular weight is 342 g/mol. The number of hydrogen-bond acceptors (Lipinski definition) is 3. The Bertz CT molecular complexity index is 728. The van der Waals surface area contributed by atoms with Crippen molar-refractivity contribution in [3.8, 4) is 0 Å². The van der Waals surface area contributed by atoms with Crippen molar-refractivity contribution in [2.45, 2.75) is 50.9 Å². The Hall–Kier alpha value is -2.02. The third-order valence-corrected chi connectivity index (χ3v) is 3.94. The Balaban J connectivity index is 2.30. The first-order valence-electron chi connectivity index (χ1n) is 7.96. The van der Waals surface area contributed by atoms with Crippen molar-refractivity contribution in [1.82, 2.24) is 4.98 Å². The molecule has 0 aliphatic rings. The first-order chi connectivity index (χ1) is 11.3. The number of rotatable bonds is 7. The largest absolute Gasteiger partial charge is 0.416 e. The molecule has 4 nitrogen and oxygen atoms in total. The van der Waals surface area contributed by atoms with E-state index >= 15 is 0 Å². The minimum atomic E-state index is -4.69. The van der Waals surface area contributed by atoms with Crippen LogP contribution < -0.4 is 10.9 Å². The number of aromatic amines is 1. The van der Waals surface area contributed by atoms with Gasteiger partial charge in [-0.15, -0.1) is 0 Å². The molecule has 0 aliphatic heterocycles. The van der Waals surface area contributed by atoms with Crippen LogP contribution in [0.25, 0.3) is 10.9 Å². The van der Waals surface area contributed by atoms with Gasteiger partial charge in [-0.05, 0) is 24.6 Å². The van der Waals surface area contributed by atoms with Crippen molar-refractivity contribution in [2.24, 2.45) is 0 Å². The number of aliphatic hydroxyl groups is 1. The summed E-state index contributed by atoms with van der Waals surface area (Å²) in [6, 6.07) is 6.68. The van der Waals surface area contributed by atoms with Crippen molar-refractivity contribution in [3.05, 3.63) is 40.7 Å². The monoisotopic (exact) mass is 342 g/mol. The number of aliphatic hydroxyl groups excluding tert-OH is 1. The molecule has 2 aromatic rings. The lowest BCUT2D eigenvalue weighted by molar-refractivity contribution is -0.208. The summed E-state index contributed by atoms with van der Waals surface area (Å²) in [6.45, 7) is 1.96. The number of nitrogens with one attached hydrogen (secondary N) is 2. The predicted molar refractivity (Wildman–Crippen MR) is 88.2 cm³/mol. The second kappa shape index (κ2) is 7.70. The molecule has 0 saturated heterocycles. The summed E-state index contributed by atoms with van der Waals surface area (Å²) in [4.78, 5) is 14.0. The molecule has 0 amide bonds. The van der Waals surface area contributed by atoms with Gasteiger partial charge >= 0.3 is 6.18 Å². The number of pyridine rings is 1. The van der Waals surface area contributed by atoms with Gasteiger partial charge in [0.2, 0.25) is 5.56 Å². The zero-order valence-electron chi connectivity index (χ0n) is 13.4. The van der Waals surface area contributed by atoms with Crippen LogP contribution >= 0.6 is 0 Å². The van der Waals surface area contributed by atoms with Crippen LogP contribution in [0, 0.1) is 0 Å². The van der Waals surface area contributed by atoms with Crippen LogP contribution in [0.3, 0.4) is 0 Å². The number of fused-ring (bicyclic) bond motifs is 1. The molecule has 0 radical (unpaired) electrons. The number of hydrogen-bond donors (Lipinski definition) is 3. The van der Waals surface area contributed by atoms with Crippen LogP contribution in [0.4, 0.5) is 18.9 Å². The SMILES string of the molecule is CCCCCC(Nc1cccc2[nH]c(=O)ccc12)C(O)C(F)(F)F. The standard InChI is InChI=1S/C17H21F3N2O2/c1-2-3-4-6-14(16(24)17(18,19)20)21-12-7-5-8-13-11(12)9-10-15(23)22-13/h5,7-10,14,16,21,24H,2-4,6H2,1H3,(H,22,23). The van der Waals surface area contributed by atoms with E-state index in [9.17, 15) is 23.1 Å². The van der Waals surface area contributed by atoms with Crippen LogP contribution in [0.2, 0.25) is 0 Å². The Morgan fingerprint density at radius 1 is 1.21 bits per heavy atom. The Kier molecular flexibility index (Phi) is 5.88. The molecule has 0 aliphatic carbocycles. The molecule has 0 saturated carbocycles. The summed E-state index contributed by atoms with van der Waals surface area (Å²) < 4.78 is 38.8. The van der Waals surface area contributed by atoms with Gasteiger partial charge in [0.1, 0.15) is 0 Å². The smallest absolute Gasteiger partial charge is 0.382 e. The molecule has 0 spiro atoms. The minimum absolute atomic E-state index is 0.203. The molecule has 24 heavy (non-hydrogen) atoms. The van der Waals surface area contributed by atoms with Crippen molar-refractivity contribution >= 4 is 16.6 Å². The molecule has 0 fully saturated rings. The second-order valence-electron chi connectivity index (χ2n) is 5.82. The van der Waals surface area contributed by atoms with E-state index in [1.165, 1.54) is 6.07 Å². The summed E-state index contributed by atoms with van der Waals surface area (Å²) in [7, 11) is 0. The molecular weight excluding hydrogens is 321 g/mol. The molecule has 132 valence electrons. The van der Waals surface area contributed by atoms with Gasteiger partial charge in [-0.3, -0.25) is 4.79 Å². The fourth-order valence-electron chi connectivity index (χ4n) is 2.66. The van der Waals surface area contributed by atoms with E-state index < -0.39 is 18.3 Å². The van der Waals surface area contributed by atoms with Gasteiger partial charge in [-0.25, -0.2) is 0 Å². The maximum atomic E-state index is 12.9. The highest BCUT2D eigenvalue weighted by molar-refractivity contribution is 5.91. The van der Waals surface area contributed by atoms with Gasteiger partial charge < -0.3 is 15.4 Å². The Labute approximate surface area is 137 Å². The summed E-state index contributed by atoms with van der Waals surface area (Å²) in [5, 5.41) is 13.1. The zero-order valence-corrected chi connectivity index (χ0v) is 13.4. The van der Waals surface area contributed by atoms with E-state index in [1.807, 2.05) is 6.92 Å². The number of aromatic nitrogens is 1. The van der Waals surface area contributed by atoms with Gasteiger partial charge in [-0.2, -0.15) is 13.2 Å². The number of H-pyrrole nitrogens is 1. The van der Waals surface area contributed by atoms with E-state index in [2.05, 4.69) is 10.3 Å². The fraction of sp³-hybridized carbons (Fsp3) is 0.471. The third-order valence-electron chi connectivity index (χ3n) is 3.94. The molecule has 2 unspecified atom stereocenters. The first kappa shape index (κ1) is 18.3. The molecule has 3 N–H and O–H groups in total. The second-order valence-corrected chi connectivity index (χ2v) is 5.82. The molecule has 2 rings (SSSR count). The lowest BCUT2D eigenvalue weighted by Gasteiger charge is -2.27. The van der Waals surface area contributed by atoms with Crippen LogP contribution in [0.15, 0.2) is 35.1 Å². The van der Waals surface area contributed by atoms with E-state index in [4.69, 9.17) is 0 Å². The van der Waals surface area contributed by atoms with Crippen LogP contribution in [-0.2, 0) is 0 Å². The van der Waals surface area contributed by atoms with E-state index in [0.717, 1.165) is 12.8 Å². The number of halogens is 3. The summed E-state index contributed by atoms with van der Waals surface area (Å²) >= 11 is 0. The topological polar surface area (TPSA) is 65.1 Å². The van der Waals surface area contributed by atoms with Gasteiger partial charge in [0.05, 0.1) is 11.6 Å². The van der Waals surface area contributed by atoms with Gasteiger partial charge in [0, 0.05) is 17.1 Å². The van der Waals surface area contributed by atoms with Gasteiger partial charge in [0.15, 0.2) is 6.10 Å². The molecule has 7 heteroatoms. The van der Waals surface area contributed by atoms with Crippen molar-refractivity contribution < 1.29 is 18.3 Å². The molecule has 1 aromatic carbocycles. The fourth-order valence-corrected chi connectivity index (χ4v) is 2.66. The van der Waals surface area contributed by atoms with Crippen molar-refractivity contribution in [2.75, 3.05) is 5.32 Å². The molecule has 2 atom stereocenters. The van der Waals surface area contributed by atoms with Gasteiger partial charge in [-0.1, -0.05) is 32.3 Å². The Morgan fingerprint density at radius 3 is 2.62 bits per heavy atom. The quantitative estimate of drug-likeness (QED) is 0.671. The summed E-state index contributed by atoms with van der Waals surface area (Å²) in [5.41, 5.74) is 0.698. The number of benzene rings is 1. The molecule has 1 heterocycles. The summed E-state index contributed by atoms with van der Waals surface area (Å²) in [6.07, 6.45) is -4.68. The van der Waals surface area contributed by atoms with E-state index in [-0.39, 0.29) is 12.0 Å². The van der Waals surface area contributed by atoms with Crippen LogP contribution in [0.1, 0.15) is 32.6 Å². The maximum absolute atomic E-state index is 12.9. The van der Waals surface area contributed by atoms with Crippen LogP contribution in [-0.4, -0.2) is 28.4 Å². The highest BCUT2D eigenvalue weighted by atomic mass is 19.4. The average Bonchev–Trinajstić information content (AvgIpc) is 2.52. The van der Waals surface area contributed by atoms with Crippen molar-refractivity contribution in [3.63, 3.8) is 0 Å². The highest BCUT2D eigenvalue weighted by Gasteiger charge is 2.43. The number of anilines is 1. The molecular formula is C17H21F3N2O2. The van der Waals surface area contributed by atoms with E-state index in [1.54, 1.807) is 24.3 Å². The maximum Gasteiger partial charge on any atom is 0.416 e. The molecule has 1 aromatic heterocycles. The predicted octanol–water partition coefficient (Wildman–Crippen LogP) is 3.81. The normalized spacial score (nSPS) is 14.5. The van der Waals surface area contributed by atoms with Crippen molar-refractivity contribution in [1.29, 1.82) is 0 Å². The minimum Gasteiger partial charge on any atom is -0.382 e. The lowest BCUT2D eigenvalue weighted by Crippen LogP contribution is -2.44. The van der Waals surface area contributed by atoms with Crippen LogP contribution in [0.5, 0.6) is 0 Å².